The zero-order chi connectivity index (χ0) is 12.6. The quantitative estimate of drug-likeness (QED) is 0.512. The number of rotatable bonds is 6. The summed E-state index contributed by atoms with van der Waals surface area (Å²) in [5, 5.41) is 8.96. The Morgan fingerprint density at radius 3 is 2.50 bits per heavy atom. The molecule has 0 atom stereocenters. The highest BCUT2D eigenvalue weighted by Crippen LogP contribution is 2.12. The Hall–Kier alpha value is -1.50. The lowest BCUT2D eigenvalue weighted by molar-refractivity contribution is -0.143. The van der Waals surface area contributed by atoms with Crippen molar-refractivity contribution in [3.63, 3.8) is 0 Å². The molecule has 16 heavy (non-hydrogen) atoms. The van der Waals surface area contributed by atoms with E-state index in [4.69, 9.17) is 10.00 Å². The van der Waals surface area contributed by atoms with Gasteiger partial charge in [-0.25, -0.2) is 0 Å². The maximum atomic E-state index is 11.3. The predicted molar refractivity (Wildman–Crippen MR) is 62.5 cm³/mol. The van der Waals surface area contributed by atoms with Crippen LogP contribution in [-0.4, -0.2) is 31.1 Å². The SMILES string of the molecule is CCCC(C#N)=C(C)N(C)CC(=O)OCC. The highest BCUT2D eigenvalue weighted by Gasteiger charge is 2.10. The summed E-state index contributed by atoms with van der Waals surface area (Å²) in [7, 11) is 1.79. The number of carbonyl (C=O) groups excluding carboxylic acids is 1. The molecule has 0 amide bonds. The molecule has 0 N–H and O–H groups in total. The third-order valence-corrected chi connectivity index (χ3v) is 2.32. The van der Waals surface area contributed by atoms with Crippen molar-refractivity contribution >= 4 is 5.97 Å². The van der Waals surface area contributed by atoms with Gasteiger partial charge in [0.05, 0.1) is 12.7 Å². The summed E-state index contributed by atoms with van der Waals surface area (Å²) < 4.78 is 4.85. The highest BCUT2D eigenvalue weighted by molar-refractivity contribution is 5.71. The van der Waals surface area contributed by atoms with Gasteiger partial charge < -0.3 is 9.64 Å². The van der Waals surface area contributed by atoms with E-state index in [0.29, 0.717) is 6.61 Å². The summed E-state index contributed by atoms with van der Waals surface area (Å²) in [4.78, 5) is 13.0. The molecule has 0 saturated heterocycles. The van der Waals surface area contributed by atoms with Gasteiger partial charge in [0.1, 0.15) is 6.54 Å². The summed E-state index contributed by atoms with van der Waals surface area (Å²) in [5.74, 6) is -0.266. The van der Waals surface area contributed by atoms with Crippen LogP contribution in [0.1, 0.15) is 33.6 Å². The van der Waals surface area contributed by atoms with E-state index in [9.17, 15) is 4.79 Å². The third-order valence-electron chi connectivity index (χ3n) is 2.32. The van der Waals surface area contributed by atoms with Crippen molar-refractivity contribution in [2.24, 2.45) is 0 Å². The fraction of sp³-hybridized carbons (Fsp3) is 0.667. The van der Waals surface area contributed by atoms with Gasteiger partial charge in [-0.1, -0.05) is 13.3 Å². The van der Waals surface area contributed by atoms with Crippen LogP contribution in [0.15, 0.2) is 11.3 Å². The number of likely N-dealkylation sites (N-methyl/N-ethyl adjacent to an activating group) is 1. The van der Waals surface area contributed by atoms with E-state index in [0.717, 1.165) is 24.1 Å². The molecule has 90 valence electrons. The summed E-state index contributed by atoms with van der Waals surface area (Å²) >= 11 is 0. The zero-order valence-corrected chi connectivity index (χ0v) is 10.5. The van der Waals surface area contributed by atoms with Gasteiger partial charge in [-0.05, 0) is 20.3 Å². The number of hydrogen-bond donors (Lipinski definition) is 0. The Kier molecular flexibility index (Phi) is 7.02. The second-order valence-corrected chi connectivity index (χ2v) is 3.59. The molecule has 0 aromatic carbocycles. The molecule has 0 aliphatic heterocycles. The molecule has 0 aromatic rings. The number of allylic oxidation sites excluding steroid dienone is 2. The molecule has 0 aliphatic rings. The average molecular weight is 224 g/mol. The van der Waals surface area contributed by atoms with Crippen LogP contribution in [0.25, 0.3) is 0 Å². The fourth-order valence-corrected chi connectivity index (χ4v) is 1.32. The van der Waals surface area contributed by atoms with Crippen molar-refractivity contribution in [1.82, 2.24) is 4.90 Å². The maximum absolute atomic E-state index is 11.3. The topological polar surface area (TPSA) is 53.3 Å². The van der Waals surface area contributed by atoms with Crippen molar-refractivity contribution in [2.75, 3.05) is 20.2 Å². The van der Waals surface area contributed by atoms with Crippen molar-refractivity contribution < 1.29 is 9.53 Å². The second kappa shape index (κ2) is 7.75. The van der Waals surface area contributed by atoms with Gasteiger partial charge in [-0.2, -0.15) is 5.26 Å². The normalized spacial score (nSPS) is 11.4. The van der Waals surface area contributed by atoms with Gasteiger partial charge in [-0.15, -0.1) is 0 Å². The van der Waals surface area contributed by atoms with Crippen LogP contribution in [0.2, 0.25) is 0 Å². The summed E-state index contributed by atoms with van der Waals surface area (Å²) in [6.07, 6.45) is 1.67. The molecule has 0 bridgehead atoms. The Morgan fingerprint density at radius 2 is 2.06 bits per heavy atom. The first-order valence-electron chi connectivity index (χ1n) is 5.53. The monoisotopic (exact) mass is 224 g/mol. The second-order valence-electron chi connectivity index (χ2n) is 3.59. The van der Waals surface area contributed by atoms with Crippen molar-refractivity contribution in [3.8, 4) is 6.07 Å². The summed E-state index contributed by atoms with van der Waals surface area (Å²) in [6, 6.07) is 2.17. The molecule has 4 heteroatoms. The molecule has 0 fully saturated rings. The Bertz CT molecular complexity index is 303. The van der Waals surface area contributed by atoms with Crippen molar-refractivity contribution in [2.45, 2.75) is 33.6 Å². The maximum Gasteiger partial charge on any atom is 0.325 e. The predicted octanol–water partition coefficient (Wildman–Crippen LogP) is 2.08. The van der Waals surface area contributed by atoms with E-state index in [1.54, 1.807) is 18.9 Å². The smallest absolute Gasteiger partial charge is 0.325 e. The van der Waals surface area contributed by atoms with E-state index in [2.05, 4.69) is 6.07 Å². The minimum atomic E-state index is -0.266. The molecule has 0 unspecified atom stereocenters. The number of esters is 1. The largest absolute Gasteiger partial charge is 0.465 e. The minimum absolute atomic E-state index is 0.189. The van der Waals surface area contributed by atoms with Gasteiger partial charge >= 0.3 is 5.97 Å². The van der Waals surface area contributed by atoms with Crippen LogP contribution >= 0.6 is 0 Å². The number of hydrogen-bond acceptors (Lipinski definition) is 4. The van der Waals surface area contributed by atoms with E-state index < -0.39 is 0 Å². The Morgan fingerprint density at radius 1 is 1.44 bits per heavy atom. The van der Waals surface area contributed by atoms with Crippen molar-refractivity contribution in [3.05, 3.63) is 11.3 Å². The zero-order valence-electron chi connectivity index (χ0n) is 10.5. The Balaban J connectivity index is 4.52. The number of nitriles is 1. The number of ether oxygens (including phenoxy) is 1. The lowest BCUT2D eigenvalue weighted by Crippen LogP contribution is -2.26. The molecule has 0 spiro atoms. The first-order valence-corrected chi connectivity index (χ1v) is 5.53. The lowest BCUT2D eigenvalue weighted by Gasteiger charge is -2.20. The van der Waals surface area contributed by atoms with Gasteiger partial charge in [0.25, 0.3) is 0 Å². The molecule has 0 radical (unpaired) electrons. The molecular formula is C12H20N2O2. The molecule has 0 aliphatic carbocycles. The van der Waals surface area contributed by atoms with Crippen LogP contribution in [0.3, 0.4) is 0 Å². The van der Waals surface area contributed by atoms with Crippen LogP contribution < -0.4 is 0 Å². The Labute approximate surface area is 97.5 Å². The van der Waals surface area contributed by atoms with Gasteiger partial charge in [0, 0.05) is 18.3 Å². The lowest BCUT2D eigenvalue weighted by atomic mass is 10.1. The van der Waals surface area contributed by atoms with Crippen LogP contribution in [0.4, 0.5) is 0 Å². The van der Waals surface area contributed by atoms with E-state index >= 15 is 0 Å². The molecule has 0 heterocycles. The summed E-state index contributed by atoms with van der Waals surface area (Å²) in [6.45, 7) is 6.23. The third kappa shape index (κ3) is 4.83. The first-order chi connectivity index (χ1) is 7.56. The summed E-state index contributed by atoms with van der Waals surface area (Å²) in [5.41, 5.74) is 1.58. The average Bonchev–Trinajstić information content (AvgIpc) is 2.25. The van der Waals surface area contributed by atoms with E-state index in [1.165, 1.54) is 0 Å². The molecule has 0 aromatic heterocycles. The first kappa shape index (κ1) is 14.5. The van der Waals surface area contributed by atoms with Crippen LogP contribution in [0, 0.1) is 11.3 Å². The van der Waals surface area contributed by atoms with E-state index in [1.807, 2.05) is 13.8 Å². The number of nitrogens with zero attached hydrogens (tertiary/aromatic N) is 2. The minimum Gasteiger partial charge on any atom is -0.465 e. The number of carbonyl (C=O) groups is 1. The standard InChI is InChI=1S/C12H20N2O2/c1-5-7-11(8-13)10(3)14(4)9-12(15)16-6-2/h5-7,9H2,1-4H3. The van der Waals surface area contributed by atoms with Crippen molar-refractivity contribution in [1.29, 1.82) is 5.26 Å². The van der Waals surface area contributed by atoms with E-state index in [-0.39, 0.29) is 12.5 Å². The van der Waals surface area contributed by atoms with Gasteiger partial charge in [0.2, 0.25) is 0 Å². The van der Waals surface area contributed by atoms with Crippen LogP contribution in [0.5, 0.6) is 0 Å². The molecule has 0 rings (SSSR count). The van der Waals surface area contributed by atoms with Gasteiger partial charge in [0.15, 0.2) is 0 Å². The fourth-order valence-electron chi connectivity index (χ4n) is 1.32. The van der Waals surface area contributed by atoms with Crippen LogP contribution in [-0.2, 0) is 9.53 Å². The van der Waals surface area contributed by atoms with Gasteiger partial charge in [-0.3, -0.25) is 4.79 Å². The molecule has 0 saturated carbocycles. The highest BCUT2D eigenvalue weighted by atomic mass is 16.5. The molecular weight excluding hydrogens is 204 g/mol. The molecule has 4 nitrogen and oxygen atoms in total.